The number of nitriles is 1. The van der Waals surface area contributed by atoms with Crippen LogP contribution in [0.1, 0.15) is 32.0 Å². The quantitative estimate of drug-likeness (QED) is 0.516. The van der Waals surface area contributed by atoms with Crippen LogP contribution in [0, 0.1) is 11.3 Å². The van der Waals surface area contributed by atoms with Crippen LogP contribution in [-0.2, 0) is 15.4 Å². The zero-order valence-corrected chi connectivity index (χ0v) is 18.2. The second kappa shape index (κ2) is 7.52. The van der Waals surface area contributed by atoms with Crippen molar-refractivity contribution in [3.8, 4) is 11.8 Å². The Morgan fingerprint density at radius 2 is 1.77 bits per heavy atom. The van der Waals surface area contributed by atoms with Gasteiger partial charge in [0.05, 0.1) is 16.1 Å². The van der Waals surface area contributed by atoms with Crippen LogP contribution in [-0.4, -0.2) is 23.2 Å². The van der Waals surface area contributed by atoms with Gasteiger partial charge in [0, 0.05) is 17.6 Å². The highest BCUT2D eigenvalue weighted by atomic mass is 32.2. The van der Waals surface area contributed by atoms with E-state index in [0.29, 0.717) is 5.69 Å². The summed E-state index contributed by atoms with van der Waals surface area (Å²) in [5.41, 5.74) is 2.40. The Morgan fingerprint density at radius 1 is 1.03 bits per heavy atom. The number of benzene rings is 2. The first-order valence-electron chi connectivity index (χ1n) is 9.67. The first-order chi connectivity index (χ1) is 14.7. The van der Waals surface area contributed by atoms with Crippen molar-refractivity contribution in [1.82, 2.24) is 14.8 Å². The highest BCUT2D eigenvalue weighted by Crippen LogP contribution is 2.27. The summed E-state index contributed by atoms with van der Waals surface area (Å²) >= 11 is 0. The van der Waals surface area contributed by atoms with Gasteiger partial charge in [0.25, 0.3) is 10.0 Å². The van der Waals surface area contributed by atoms with Crippen LogP contribution >= 0.6 is 0 Å². The normalized spacial score (nSPS) is 11.9. The molecular weight excluding hydrogens is 410 g/mol. The van der Waals surface area contributed by atoms with Crippen molar-refractivity contribution < 1.29 is 8.42 Å². The van der Waals surface area contributed by atoms with Crippen LogP contribution in [0.15, 0.2) is 71.8 Å². The minimum Gasteiger partial charge on any atom is -0.263 e. The van der Waals surface area contributed by atoms with Crippen LogP contribution in [0.4, 0.5) is 5.82 Å². The summed E-state index contributed by atoms with van der Waals surface area (Å²) in [5, 5.41) is 14.4. The summed E-state index contributed by atoms with van der Waals surface area (Å²) in [7, 11) is -3.89. The Hall–Kier alpha value is -3.70. The first-order valence-corrected chi connectivity index (χ1v) is 11.1. The maximum Gasteiger partial charge on any atom is 0.263 e. The average molecular weight is 432 g/mol. The molecule has 2 aromatic carbocycles. The summed E-state index contributed by atoms with van der Waals surface area (Å²) in [6, 6.07) is 19.3. The van der Waals surface area contributed by atoms with E-state index in [2.05, 4.69) is 35.6 Å². The van der Waals surface area contributed by atoms with E-state index in [1.54, 1.807) is 30.5 Å². The van der Waals surface area contributed by atoms with Gasteiger partial charge in [0.2, 0.25) is 0 Å². The third-order valence-corrected chi connectivity index (χ3v) is 6.31. The second-order valence-corrected chi connectivity index (χ2v) is 9.85. The smallest absolute Gasteiger partial charge is 0.263 e. The number of rotatable bonds is 4. The maximum atomic E-state index is 13.1. The van der Waals surface area contributed by atoms with Gasteiger partial charge in [-0.05, 0) is 47.4 Å². The standard InChI is InChI=1S/C23H21N5O2S/c1-23(2,3)16-9-11-18(12-10-16)31(29,30)27-22-14-17(15-24)26-28(22)21-8-4-7-20-19(21)6-5-13-25-20/h4-14,27H,1-3H3. The topological polar surface area (TPSA) is 101 Å². The molecule has 156 valence electrons. The summed E-state index contributed by atoms with van der Waals surface area (Å²) in [4.78, 5) is 4.46. The predicted molar refractivity (Wildman–Crippen MR) is 120 cm³/mol. The number of anilines is 1. The molecule has 0 fully saturated rings. The SMILES string of the molecule is CC(C)(C)c1ccc(S(=O)(=O)Nc2cc(C#N)nn2-c2cccc3ncccc23)cc1. The van der Waals surface area contributed by atoms with Gasteiger partial charge in [0.15, 0.2) is 5.69 Å². The van der Waals surface area contributed by atoms with Gasteiger partial charge in [-0.15, -0.1) is 0 Å². The lowest BCUT2D eigenvalue weighted by atomic mass is 9.87. The molecule has 0 spiro atoms. The van der Waals surface area contributed by atoms with E-state index in [1.165, 1.54) is 10.7 Å². The molecule has 1 N–H and O–H groups in total. The Bertz CT molecular complexity index is 1400. The van der Waals surface area contributed by atoms with E-state index in [0.717, 1.165) is 16.5 Å². The molecule has 2 aromatic heterocycles. The molecule has 0 unspecified atom stereocenters. The van der Waals surface area contributed by atoms with Crippen molar-refractivity contribution in [1.29, 1.82) is 5.26 Å². The Kier molecular flexibility index (Phi) is 4.99. The van der Waals surface area contributed by atoms with Crippen molar-refractivity contribution in [2.24, 2.45) is 0 Å². The van der Waals surface area contributed by atoms with Crippen LogP contribution in [0.3, 0.4) is 0 Å². The molecule has 8 heteroatoms. The largest absolute Gasteiger partial charge is 0.263 e. The van der Waals surface area contributed by atoms with Crippen molar-refractivity contribution in [2.45, 2.75) is 31.1 Å². The minimum absolute atomic E-state index is 0.0849. The van der Waals surface area contributed by atoms with Crippen molar-refractivity contribution in [2.75, 3.05) is 4.72 Å². The lowest BCUT2D eigenvalue weighted by molar-refractivity contribution is 0.587. The highest BCUT2D eigenvalue weighted by Gasteiger charge is 2.21. The summed E-state index contributed by atoms with van der Waals surface area (Å²) in [6.45, 7) is 6.20. The zero-order valence-electron chi connectivity index (χ0n) is 17.4. The van der Waals surface area contributed by atoms with Crippen molar-refractivity contribution >= 4 is 26.7 Å². The van der Waals surface area contributed by atoms with E-state index in [-0.39, 0.29) is 21.8 Å². The lowest BCUT2D eigenvalue weighted by Gasteiger charge is -2.19. The molecule has 0 aliphatic carbocycles. The fraction of sp³-hybridized carbons (Fsp3) is 0.174. The monoisotopic (exact) mass is 431 g/mol. The van der Waals surface area contributed by atoms with E-state index in [9.17, 15) is 13.7 Å². The zero-order chi connectivity index (χ0) is 22.2. The molecule has 0 aliphatic heterocycles. The van der Waals surface area contributed by atoms with E-state index < -0.39 is 10.0 Å². The fourth-order valence-electron chi connectivity index (χ4n) is 3.29. The number of fused-ring (bicyclic) bond motifs is 1. The highest BCUT2D eigenvalue weighted by molar-refractivity contribution is 7.92. The Labute approximate surface area is 181 Å². The first kappa shape index (κ1) is 20.6. The third-order valence-electron chi connectivity index (χ3n) is 4.94. The van der Waals surface area contributed by atoms with Gasteiger partial charge in [-0.25, -0.2) is 13.1 Å². The van der Waals surface area contributed by atoms with E-state index in [4.69, 9.17) is 0 Å². The number of hydrogen-bond acceptors (Lipinski definition) is 5. The van der Waals surface area contributed by atoms with Gasteiger partial charge in [-0.1, -0.05) is 39.0 Å². The third kappa shape index (κ3) is 4.00. The molecule has 0 bridgehead atoms. The molecule has 2 heterocycles. The van der Waals surface area contributed by atoms with Gasteiger partial charge < -0.3 is 0 Å². The molecule has 0 aliphatic rings. The molecule has 31 heavy (non-hydrogen) atoms. The van der Waals surface area contributed by atoms with Gasteiger partial charge >= 0.3 is 0 Å². The lowest BCUT2D eigenvalue weighted by Crippen LogP contribution is -2.17. The molecule has 0 atom stereocenters. The van der Waals surface area contributed by atoms with Gasteiger partial charge in [-0.2, -0.15) is 10.4 Å². The van der Waals surface area contributed by atoms with Crippen molar-refractivity contribution in [3.63, 3.8) is 0 Å². The van der Waals surface area contributed by atoms with E-state index in [1.807, 2.05) is 36.4 Å². The van der Waals surface area contributed by atoms with Crippen LogP contribution in [0.5, 0.6) is 0 Å². The van der Waals surface area contributed by atoms with Crippen LogP contribution in [0.2, 0.25) is 0 Å². The second-order valence-electron chi connectivity index (χ2n) is 8.17. The average Bonchev–Trinajstić information content (AvgIpc) is 3.15. The molecule has 7 nitrogen and oxygen atoms in total. The van der Waals surface area contributed by atoms with Crippen molar-refractivity contribution in [3.05, 3.63) is 78.1 Å². The number of pyridine rings is 1. The van der Waals surface area contributed by atoms with Crippen LogP contribution in [0.25, 0.3) is 16.6 Å². The molecule has 0 radical (unpaired) electrons. The predicted octanol–water partition coefficient (Wildman–Crippen LogP) is 4.39. The van der Waals surface area contributed by atoms with Crippen LogP contribution < -0.4 is 4.72 Å². The summed E-state index contributed by atoms with van der Waals surface area (Å²) in [5.74, 6) is 0.174. The number of aromatic nitrogens is 3. The van der Waals surface area contributed by atoms with E-state index >= 15 is 0 Å². The number of nitrogens with zero attached hydrogens (tertiary/aromatic N) is 4. The number of nitrogens with one attached hydrogen (secondary N) is 1. The summed E-state index contributed by atoms with van der Waals surface area (Å²) in [6.07, 6.45) is 1.68. The molecule has 0 saturated heterocycles. The fourth-order valence-corrected chi connectivity index (χ4v) is 4.33. The number of hydrogen-bond donors (Lipinski definition) is 1. The minimum atomic E-state index is -3.89. The molecular formula is C23H21N5O2S. The van der Waals surface area contributed by atoms with Gasteiger partial charge in [-0.3, -0.25) is 9.71 Å². The Morgan fingerprint density at radius 3 is 2.45 bits per heavy atom. The molecule has 0 saturated carbocycles. The molecule has 0 amide bonds. The number of sulfonamides is 1. The Balaban J connectivity index is 1.77. The molecule has 4 aromatic rings. The molecule has 4 rings (SSSR count). The maximum absolute atomic E-state index is 13.1. The van der Waals surface area contributed by atoms with Gasteiger partial charge in [0.1, 0.15) is 11.9 Å². The summed E-state index contributed by atoms with van der Waals surface area (Å²) < 4.78 is 30.1.